The highest BCUT2D eigenvalue weighted by atomic mass is 16.5. The van der Waals surface area contributed by atoms with Gasteiger partial charge in [-0.05, 0) is 39.3 Å². The normalized spacial score (nSPS) is 22.4. The van der Waals surface area contributed by atoms with E-state index in [9.17, 15) is 4.79 Å². The van der Waals surface area contributed by atoms with E-state index in [0.29, 0.717) is 17.9 Å². The summed E-state index contributed by atoms with van der Waals surface area (Å²) in [6, 6.07) is 6.06. The first kappa shape index (κ1) is 22.4. The van der Waals surface area contributed by atoms with Crippen LogP contribution in [0.15, 0.2) is 36.9 Å². The van der Waals surface area contributed by atoms with Gasteiger partial charge in [-0.2, -0.15) is 0 Å². The summed E-state index contributed by atoms with van der Waals surface area (Å²) in [7, 11) is 0. The Morgan fingerprint density at radius 3 is 2.65 bits per heavy atom. The average molecular weight is 497 g/mol. The zero-order valence-corrected chi connectivity index (χ0v) is 21.2. The fourth-order valence-corrected chi connectivity index (χ4v) is 6.04. The zero-order valence-electron chi connectivity index (χ0n) is 21.2. The number of rotatable bonds is 4. The molecular weight excluding hydrogens is 468 g/mol. The number of benzene rings is 1. The van der Waals surface area contributed by atoms with E-state index in [0.717, 1.165) is 72.3 Å². The van der Waals surface area contributed by atoms with Gasteiger partial charge in [-0.25, -0.2) is 24.9 Å². The van der Waals surface area contributed by atoms with Crippen molar-refractivity contribution in [2.45, 2.75) is 39.3 Å². The molecule has 10 nitrogen and oxygen atoms in total. The first-order valence-electron chi connectivity index (χ1n) is 12.7. The molecule has 0 bridgehead atoms. The van der Waals surface area contributed by atoms with Crippen LogP contribution < -0.4 is 5.32 Å². The Labute approximate surface area is 214 Å². The van der Waals surface area contributed by atoms with E-state index in [-0.39, 0.29) is 11.3 Å². The molecule has 6 heterocycles. The van der Waals surface area contributed by atoms with Gasteiger partial charge in [0.1, 0.15) is 34.7 Å². The van der Waals surface area contributed by atoms with E-state index >= 15 is 0 Å². The Hall–Kier alpha value is -3.76. The standard InChI is InChI=1S/C27H28N8O2/c1-4-35-23(18-10-28-16(2)29-11-18)33-22-21(30-15-31-24(22)35)17-5-6-20-19(9-17)26(3,25(36)32-20)34-12-27(13-34)7-8-37-14-27/h5-6,9-11,15H,4,7-8,12-14H2,1-3H3,(H,32,36)/t26-/m1/s1. The number of fused-ring (bicyclic) bond motifs is 2. The number of imidazole rings is 1. The number of ether oxygens (including phenoxy) is 1. The van der Waals surface area contributed by atoms with E-state index in [2.05, 4.69) is 47.7 Å². The molecular formula is C27H28N8O2. The lowest BCUT2D eigenvalue weighted by Gasteiger charge is -2.53. The predicted octanol–water partition coefficient (Wildman–Crippen LogP) is 3.17. The fourth-order valence-electron chi connectivity index (χ4n) is 6.04. The quantitative estimate of drug-likeness (QED) is 0.459. The third-order valence-corrected chi connectivity index (χ3v) is 8.27. The van der Waals surface area contributed by atoms with E-state index in [4.69, 9.17) is 9.72 Å². The van der Waals surface area contributed by atoms with Crippen molar-refractivity contribution >= 4 is 22.8 Å². The molecule has 10 heteroatoms. The van der Waals surface area contributed by atoms with Crippen molar-refractivity contribution in [3.8, 4) is 22.6 Å². The molecule has 0 unspecified atom stereocenters. The van der Waals surface area contributed by atoms with Crippen LogP contribution in [0, 0.1) is 12.3 Å². The number of amides is 1. The Morgan fingerprint density at radius 2 is 1.92 bits per heavy atom. The third kappa shape index (κ3) is 3.18. The van der Waals surface area contributed by atoms with E-state index in [1.54, 1.807) is 18.7 Å². The Morgan fingerprint density at radius 1 is 1.11 bits per heavy atom. The van der Waals surface area contributed by atoms with Gasteiger partial charge in [0, 0.05) is 60.9 Å². The lowest BCUT2D eigenvalue weighted by atomic mass is 9.74. The summed E-state index contributed by atoms with van der Waals surface area (Å²) in [6.07, 6.45) is 6.21. The highest BCUT2D eigenvalue weighted by Gasteiger charge is 2.57. The monoisotopic (exact) mass is 496 g/mol. The molecule has 4 aromatic rings. The van der Waals surface area contributed by atoms with Gasteiger partial charge in [0.2, 0.25) is 5.91 Å². The van der Waals surface area contributed by atoms with Crippen LogP contribution in [-0.4, -0.2) is 66.6 Å². The molecule has 0 radical (unpaired) electrons. The molecule has 1 aromatic carbocycles. The summed E-state index contributed by atoms with van der Waals surface area (Å²) in [4.78, 5) is 38.4. The highest BCUT2D eigenvalue weighted by Crippen LogP contribution is 2.49. The van der Waals surface area contributed by atoms with Crippen molar-refractivity contribution in [1.82, 2.24) is 34.4 Å². The van der Waals surface area contributed by atoms with Crippen LogP contribution in [0.1, 0.15) is 31.7 Å². The summed E-state index contributed by atoms with van der Waals surface area (Å²) >= 11 is 0. The maximum atomic E-state index is 13.3. The first-order valence-corrected chi connectivity index (χ1v) is 12.7. The Bertz CT molecular complexity index is 1550. The molecule has 3 aromatic heterocycles. The second kappa shape index (κ2) is 7.87. The van der Waals surface area contributed by atoms with Gasteiger partial charge >= 0.3 is 0 Å². The van der Waals surface area contributed by atoms with Crippen molar-refractivity contribution in [3.63, 3.8) is 0 Å². The van der Waals surface area contributed by atoms with Crippen LogP contribution >= 0.6 is 0 Å². The maximum Gasteiger partial charge on any atom is 0.249 e. The van der Waals surface area contributed by atoms with Crippen molar-refractivity contribution in [2.24, 2.45) is 5.41 Å². The Balaban J connectivity index is 1.32. The minimum atomic E-state index is -0.738. The number of carbonyl (C=O) groups is 1. The molecule has 1 spiro atoms. The number of nitrogens with one attached hydrogen (secondary N) is 1. The number of likely N-dealkylation sites (tertiary alicyclic amines) is 1. The van der Waals surface area contributed by atoms with Gasteiger partial charge in [0.05, 0.1) is 12.2 Å². The average Bonchev–Trinajstić information content (AvgIpc) is 3.59. The fraction of sp³-hybridized carbons (Fsp3) is 0.407. The summed E-state index contributed by atoms with van der Waals surface area (Å²) in [6.45, 7) is 9.95. The van der Waals surface area contributed by atoms with Crippen LogP contribution in [0.3, 0.4) is 0 Å². The summed E-state index contributed by atoms with van der Waals surface area (Å²) in [5.41, 5.74) is 5.20. The number of carbonyl (C=O) groups excluding carboxylic acids is 1. The van der Waals surface area contributed by atoms with Gasteiger partial charge in [-0.3, -0.25) is 9.69 Å². The molecule has 2 fully saturated rings. The molecule has 3 aliphatic heterocycles. The van der Waals surface area contributed by atoms with Crippen molar-refractivity contribution < 1.29 is 9.53 Å². The van der Waals surface area contributed by atoms with Crippen LogP contribution in [0.2, 0.25) is 0 Å². The molecule has 0 saturated carbocycles. The van der Waals surface area contributed by atoms with Gasteiger partial charge in [0.25, 0.3) is 0 Å². The molecule has 7 rings (SSSR count). The van der Waals surface area contributed by atoms with E-state index in [1.807, 2.05) is 26.0 Å². The van der Waals surface area contributed by atoms with Crippen LogP contribution in [0.25, 0.3) is 33.8 Å². The smallest absolute Gasteiger partial charge is 0.249 e. The highest BCUT2D eigenvalue weighted by molar-refractivity contribution is 6.06. The third-order valence-electron chi connectivity index (χ3n) is 8.27. The molecule has 37 heavy (non-hydrogen) atoms. The van der Waals surface area contributed by atoms with Gasteiger partial charge in [-0.1, -0.05) is 6.07 Å². The lowest BCUT2D eigenvalue weighted by molar-refractivity contribution is -0.138. The summed E-state index contributed by atoms with van der Waals surface area (Å²) < 4.78 is 7.72. The number of hydrogen-bond acceptors (Lipinski definition) is 8. The van der Waals surface area contributed by atoms with Crippen LogP contribution in [-0.2, 0) is 21.6 Å². The molecule has 1 N–H and O–H groups in total. The van der Waals surface area contributed by atoms with Gasteiger partial charge in [0.15, 0.2) is 5.65 Å². The predicted molar refractivity (Wildman–Crippen MR) is 138 cm³/mol. The molecule has 1 atom stereocenters. The Kier molecular flexibility index (Phi) is 4.77. The maximum absolute atomic E-state index is 13.3. The van der Waals surface area contributed by atoms with E-state index < -0.39 is 5.54 Å². The van der Waals surface area contributed by atoms with Gasteiger partial charge < -0.3 is 14.6 Å². The second-order valence-electron chi connectivity index (χ2n) is 10.5. The number of aryl methyl sites for hydroxylation is 2. The SMILES string of the molecule is CCn1c(-c2cnc(C)nc2)nc2c(-c3ccc4c(c3)[C@@](C)(N3CC5(CCOC5)C3)C(=O)N4)ncnc21. The summed E-state index contributed by atoms with van der Waals surface area (Å²) in [5.74, 6) is 1.48. The number of nitrogens with zero attached hydrogens (tertiary/aromatic N) is 7. The lowest BCUT2D eigenvalue weighted by Crippen LogP contribution is -2.65. The minimum absolute atomic E-state index is 0.0122. The number of anilines is 1. The van der Waals surface area contributed by atoms with Crippen molar-refractivity contribution in [3.05, 3.63) is 48.3 Å². The topological polar surface area (TPSA) is 111 Å². The minimum Gasteiger partial charge on any atom is -0.381 e. The van der Waals surface area contributed by atoms with Gasteiger partial charge in [-0.15, -0.1) is 0 Å². The molecule has 1 amide bonds. The largest absolute Gasteiger partial charge is 0.381 e. The van der Waals surface area contributed by atoms with Crippen molar-refractivity contribution in [2.75, 3.05) is 31.6 Å². The van der Waals surface area contributed by atoms with Crippen molar-refractivity contribution in [1.29, 1.82) is 0 Å². The first-order chi connectivity index (χ1) is 17.9. The van der Waals surface area contributed by atoms with Crippen LogP contribution in [0.4, 0.5) is 5.69 Å². The molecule has 0 aliphatic carbocycles. The number of aromatic nitrogens is 6. The number of hydrogen-bond donors (Lipinski definition) is 1. The molecule has 2 saturated heterocycles. The summed E-state index contributed by atoms with van der Waals surface area (Å²) in [5, 5.41) is 3.10. The molecule has 188 valence electrons. The second-order valence-corrected chi connectivity index (χ2v) is 10.5. The van der Waals surface area contributed by atoms with E-state index in [1.165, 1.54) is 0 Å². The van der Waals surface area contributed by atoms with Crippen LogP contribution in [0.5, 0.6) is 0 Å². The molecule has 3 aliphatic rings. The zero-order chi connectivity index (χ0) is 25.4.